The lowest BCUT2D eigenvalue weighted by molar-refractivity contribution is 0.244. The summed E-state index contributed by atoms with van der Waals surface area (Å²) in [7, 11) is 0. The van der Waals surface area contributed by atoms with Crippen LogP contribution in [0.3, 0.4) is 0 Å². The summed E-state index contributed by atoms with van der Waals surface area (Å²) in [6.45, 7) is 10.2. The summed E-state index contributed by atoms with van der Waals surface area (Å²) >= 11 is 0. The molecule has 8 heteroatoms. The van der Waals surface area contributed by atoms with Crippen molar-refractivity contribution in [3.63, 3.8) is 0 Å². The van der Waals surface area contributed by atoms with Gasteiger partial charge in [-0.05, 0) is 62.8 Å². The number of fused-ring (bicyclic) bond motifs is 2. The average molecular weight is 486 g/mol. The van der Waals surface area contributed by atoms with Gasteiger partial charge in [-0.15, -0.1) is 0 Å². The van der Waals surface area contributed by atoms with E-state index in [-0.39, 0.29) is 6.03 Å². The van der Waals surface area contributed by atoms with Crippen molar-refractivity contribution in [2.75, 3.05) is 32.8 Å². The molecule has 2 aromatic heterocycles. The highest BCUT2D eigenvalue weighted by Crippen LogP contribution is 2.34. The van der Waals surface area contributed by atoms with Crippen molar-refractivity contribution in [3.05, 3.63) is 60.4 Å². The van der Waals surface area contributed by atoms with Crippen LogP contribution in [0.2, 0.25) is 0 Å². The maximum Gasteiger partial charge on any atom is 0.326 e. The van der Waals surface area contributed by atoms with Gasteiger partial charge in [0.2, 0.25) is 0 Å². The van der Waals surface area contributed by atoms with E-state index in [0.29, 0.717) is 41.5 Å². The minimum Gasteiger partial charge on any atom is -0.492 e. The van der Waals surface area contributed by atoms with E-state index < -0.39 is 0 Å². The minimum absolute atomic E-state index is 0.170. The van der Waals surface area contributed by atoms with E-state index in [4.69, 9.17) is 9.47 Å². The summed E-state index contributed by atoms with van der Waals surface area (Å²) in [6, 6.07) is 14.8. The van der Waals surface area contributed by atoms with Crippen molar-refractivity contribution in [2.24, 2.45) is 0 Å². The zero-order valence-electron chi connectivity index (χ0n) is 21.0. The Balaban J connectivity index is 1.55. The van der Waals surface area contributed by atoms with Crippen molar-refractivity contribution in [1.82, 2.24) is 19.8 Å². The predicted octanol–water partition coefficient (Wildman–Crippen LogP) is 5.54. The molecule has 0 saturated carbocycles. The van der Waals surface area contributed by atoms with Crippen LogP contribution in [0.25, 0.3) is 21.8 Å². The third-order valence-electron chi connectivity index (χ3n) is 6.13. The molecule has 0 radical (unpaired) electrons. The first-order valence-electron chi connectivity index (χ1n) is 12.3. The Hall–Kier alpha value is -4.09. The summed E-state index contributed by atoms with van der Waals surface area (Å²) in [5, 5.41) is 14.2. The number of benzene rings is 2. The molecule has 0 fully saturated rings. The number of pyridine rings is 1. The quantitative estimate of drug-likeness (QED) is 0.297. The summed E-state index contributed by atoms with van der Waals surface area (Å²) in [6.07, 6.45) is 4.30. The second kappa shape index (κ2) is 11.6. The Labute approximate surface area is 211 Å². The molecule has 2 heterocycles. The van der Waals surface area contributed by atoms with E-state index in [9.17, 15) is 10.1 Å². The fourth-order valence-electron chi connectivity index (χ4n) is 4.18. The number of carbonyl (C=O) groups excluding carboxylic acids is 1. The molecular weight excluding hydrogens is 454 g/mol. The first-order valence-corrected chi connectivity index (χ1v) is 12.3. The van der Waals surface area contributed by atoms with Gasteiger partial charge in [-0.25, -0.2) is 4.79 Å². The molecule has 4 aromatic rings. The molecular formula is C28H31N5O3. The Kier molecular flexibility index (Phi) is 8.03. The fourth-order valence-corrected chi connectivity index (χ4v) is 4.18. The van der Waals surface area contributed by atoms with Crippen LogP contribution in [0.4, 0.5) is 4.79 Å². The molecule has 0 unspecified atom stereocenters. The maximum atomic E-state index is 12.2. The van der Waals surface area contributed by atoms with Crippen molar-refractivity contribution >= 4 is 27.8 Å². The number of carbonyl (C=O) groups is 1. The van der Waals surface area contributed by atoms with Crippen LogP contribution in [-0.4, -0.2) is 53.3 Å². The lowest BCUT2D eigenvalue weighted by Gasteiger charge is -2.18. The van der Waals surface area contributed by atoms with Gasteiger partial charge in [-0.1, -0.05) is 13.8 Å². The zero-order valence-corrected chi connectivity index (χ0v) is 21.0. The number of nitriles is 1. The fraction of sp³-hybridized carbons (Fsp3) is 0.321. The highest BCUT2D eigenvalue weighted by atomic mass is 16.5. The highest BCUT2D eigenvalue weighted by molar-refractivity contribution is 5.92. The first kappa shape index (κ1) is 25.0. The van der Waals surface area contributed by atoms with Crippen LogP contribution >= 0.6 is 0 Å². The number of hydrogen-bond donors (Lipinski definition) is 1. The number of nitrogens with zero attached hydrogens (tertiary/aromatic N) is 4. The molecule has 0 bridgehead atoms. The monoisotopic (exact) mass is 485 g/mol. The highest BCUT2D eigenvalue weighted by Gasteiger charge is 2.13. The molecule has 1 N–H and O–H groups in total. The number of amides is 1. The molecule has 0 atom stereocenters. The lowest BCUT2D eigenvalue weighted by Crippen LogP contribution is -2.27. The molecule has 0 aliphatic rings. The Morgan fingerprint density at radius 1 is 1.11 bits per heavy atom. The third-order valence-corrected chi connectivity index (χ3v) is 6.13. The zero-order chi connectivity index (χ0) is 25.5. The SMILES string of the molecule is CCNC(=O)n1ccc2cc(Oc3ccnc4cc(OCCCN(CC)CC)c(C#N)cc34)ccc21. The van der Waals surface area contributed by atoms with Gasteiger partial charge in [0.1, 0.15) is 23.3 Å². The van der Waals surface area contributed by atoms with Gasteiger partial charge in [0.05, 0.1) is 23.2 Å². The molecule has 2 aromatic carbocycles. The Bertz CT molecular complexity index is 1400. The molecule has 0 spiro atoms. The molecule has 36 heavy (non-hydrogen) atoms. The van der Waals surface area contributed by atoms with Crippen LogP contribution < -0.4 is 14.8 Å². The molecule has 1 amide bonds. The topological polar surface area (TPSA) is 92.4 Å². The Morgan fingerprint density at radius 2 is 1.94 bits per heavy atom. The van der Waals surface area contributed by atoms with Crippen molar-refractivity contribution in [1.29, 1.82) is 5.26 Å². The average Bonchev–Trinajstić information content (AvgIpc) is 3.32. The number of aromatic nitrogens is 2. The molecule has 186 valence electrons. The molecule has 0 aliphatic heterocycles. The normalized spacial score (nSPS) is 11.1. The molecule has 4 rings (SSSR count). The third kappa shape index (κ3) is 5.42. The van der Waals surface area contributed by atoms with Crippen LogP contribution in [-0.2, 0) is 0 Å². The summed E-state index contributed by atoms with van der Waals surface area (Å²) < 4.78 is 13.7. The van der Waals surface area contributed by atoms with Gasteiger partial charge in [-0.3, -0.25) is 9.55 Å². The second-order valence-corrected chi connectivity index (χ2v) is 8.36. The predicted molar refractivity (Wildman–Crippen MR) is 141 cm³/mol. The van der Waals surface area contributed by atoms with Crippen LogP contribution in [0.15, 0.2) is 54.9 Å². The van der Waals surface area contributed by atoms with Crippen LogP contribution in [0.1, 0.15) is 32.8 Å². The van der Waals surface area contributed by atoms with E-state index in [1.165, 1.54) is 0 Å². The number of nitrogens with one attached hydrogen (secondary N) is 1. The van der Waals surface area contributed by atoms with Gasteiger partial charge in [0.15, 0.2) is 0 Å². The van der Waals surface area contributed by atoms with Crippen molar-refractivity contribution in [2.45, 2.75) is 27.2 Å². The van der Waals surface area contributed by atoms with Crippen LogP contribution in [0, 0.1) is 11.3 Å². The summed E-state index contributed by atoms with van der Waals surface area (Å²) in [5.74, 6) is 1.74. The smallest absolute Gasteiger partial charge is 0.326 e. The van der Waals surface area contributed by atoms with E-state index in [1.54, 1.807) is 35.2 Å². The molecule has 8 nitrogen and oxygen atoms in total. The second-order valence-electron chi connectivity index (χ2n) is 8.36. The maximum absolute atomic E-state index is 12.2. The number of rotatable bonds is 10. The van der Waals surface area contributed by atoms with Gasteiger partial charge in [0, 0.05) is 42.3 Å². The van der Waals surface area contributed by atoms with Gasteiger partial charge in [0.25, 0.3) is 0 Å². The lowest BCUT2D eigenvalue weighted by atomic mass is 10.1. The largest absolute Gasteiger partial charge is 0.492 e. The van der Waals surface area contributed by atoms with Gasteiger partial charge < -0.3 is 19.7 Å². The van der Waals surface area contributed by atoms with E-state index >= 15 is 0 Å². The van der Waals surface area contributed by atoms with Gasteiger partial charge >= 0.3 is 6.03 Å². The Morgan fingerprint density at radius 3 is 2.69 bits per heavy atom. The summed E-state index contributed by atoms with van der Waals surface area (Å²) in [5.41, 5.74) is 1.92. The van der Waals surface area contributed by atoms with Gasteiger partial charge in [-0.2, -0.15) is 5.26 Å². The number of hydrogen-bond acceptors (Lipinski definition) is 6. The van der Waals surface area contributed by atoms with Crippen molar-refractivity contribution in [3.8, 4) is 23.3 Å². The first-order chi connectivity index (χ1) is 17.6. The number of ether oxygens (including phenoxy) is 2. The van der Waals surface area contributed by atoms with E-state index in [0.717, 1.165) is 42.3 Å². The summed E-state index contributed by atoms with van der Waals surface area (Å²) in [4.78, 5) is 19.1. The standard InChI is InChI=1S/C28H31N5O3/c1-4-30-28(34)33-14-11-20-16-22(8-9-25(20)33)36-26-10-12-31-24-18-27(21(19-29)17-23(24)26)35-15-7-13-32(5-2)6-3/h8-12,14,16-18H,4-7,13,15H2,1-3H3,(H,30,34). The van der Waals surface area contributed by atoms with E-state index in [2.05, 4.69) is 35.1 Å². The van der Waals surface area contributed by atoms with E-state index in [1.807, 2.05) is 31.2 Å². The minimum atomic E-state index is -0.170. The van der Waals surface area contributed by atoms with Crippen molar-refractivity contribution < 1.29 is 14.3 Å². The molecule has 0 aliphatic carbocycles. The van der Waals surface area contributed by atoms with Crippen LogP contribution in [0.5, 0.6) is 17.2 Å². The molecule has 0 saturated heterocycles.